The van der Waals surface area contributed by atoms with Crippen LogP contribution in [0.5, 0.6) is 5.75 Å². The predicted molar refractivity (Wildman–Crippen MR) is 38.6 cm³/mol. The number of hydrogen-bond acceptors (Lipinski definition) is 3. The molecule has 2 N–H and O–H groups in total. The third kappa shape index (κ3) is 0.724. The molecule has 2 aromatic heterocycles. The molecule has 0 aromatic carbocycles. The van der Waals surface area contributed by atoms with E-state index in [1.807, 2.05) is 0 Å². The van der Waals surface area contributed by atoms with Gasteiger partial charge in [-0.25, -0.2) is 0 Å². The van der Waals surface area contributed by atoms with Gasteiger partial charge in [-0.3, -0.25) is 4.98 Å². The zero-order chi connectivity index (χ0) is 7.84. The van der Waals surface area contributed by atoms with Crippen LogP contribution in [0.25, 0.3) is 10.9 Å². The molecule has 0 bridgehead atoms. The van der Waals surface area contributed by atoms with Crippen LogP contribution in [0.2, 0.25) is 0 Å². The van der Waals surface area contributed by atoms with Crippen molar-refractivity contribution in [3.8, 4) is 5.75 Å². The van der Waals surface area contributed by atoms with Gasteiger partial charge in [0.1, 0.15) is 5.75 Å². The lowest BCUT2D eigenvalue weighted by Crippen LogP contribution is -1.84. The molecule has 0 spiro atoms. The Labute approximate surface area is 62.3 Å². The monoisotopic (exact) mass is 150 g/mol. The van der Waals surface area contributed by atoms with E-state index in [-0.39, 0.29) is 5.75 Å². The number of aromatic nitrogens is 2. The molecule has 0 radical (unpaired) electrons. The van der Waals surface area contributed by atoms with Crippen LogP contribution in [0, 0.1) is 0 Å². The minimum Gasteiger partial charge on any atom is -0.506 e. The van der Waals surface area contributed by atoms with Gasteiger partial charge < -0.3 is 10.3 Å². The first-order valence-electron chi connectivity index (χ1n) is 3.12. The predicted octanol–water partition coefficient (Wildman–Crippen LogP) is 0.979. The first kappa shape index (κ1) is 6.03. The Hall–Kier alpha value is -1.71. The summed E-state index contributed by atoms with van der Waals surface area (Å²) in [4.78, 5) is 3.80. The molecule has 0 saturated carbocycles. The van der Waals surface area contributed by atoms with Crippen LogP contribution in [0.1, 0.15) is 0 Å². The summed E-state index contributed by atoms with van der Waals surface area (Å²) in [5.41, 5.74) is 0.553. The molecule has 0 fully saturated rings. The topological polar surface area (TPSA) is 58.3 Å². The molecule has 0 aliphatic rings. The van der Waals surface area contributed by atoms with Crippen LogP contribution in [-0.2, 0) is 0 Å². The van der Waals surface area contributed by atoms with Gasteiger partial charge in [-0.2, -0.15) is 4.73 Å². The van der Waals surface area contributed by atoms with Crippen LogP contribution in [-0.4, -0.2) is 20.0 Å². The second-order valence-corrected chi connectivity index (χ2v) is 2.25. The summed E-state index contributed by atoms with van der Waals surface area (Å²) in [7, 11) is 0. The standard InChI is InChI=1S/C7H6N2O2/c10-7-4-9(11)6-1-2-8-3-5(6)7/h1-4,10-11H. The molecule has 0 saturated heterocycles. The summed E-state index contributed by atoms with van der Waals surface area (Å²) in [5.74, 6) is 0.0376. The number of pyridine rings is 1. The van der Waals surface area contributed by atoms with Gasteiger partial charge >= 0.3 is 0 Å². The van der Waals surface area contributed by atoms with Crippen LogP contribution in [0.3, 0.4) is 0 Å². The number of nitrogens with zero attached hydrogens (tertiary/aromatic N) is 2. The maximum absolute atomic E-state index is 9.17. The lowest BCUT2D eigenvalue weighted by Gasteiger charge is -1.90. The van der Waals surface area contributed by atoms with Crippen molar-refractivity contribution in [2.24, 2.45) is 0 Å². The van der Waals surface area contributed by atoms with Gasteiger partial charge in [0, 0.05) is 12.4 Å². The van der Waals surface area contributed by atoms with Crippen molar-refractivity contribution in [3.05, 3.63) is 24.7 Å². The fourth-order valence-electron chi connectivity index (χ4n) is 1.04. The molecule has 0 aliphatic heterocycles. The molecule has 0 atom stereocenters. The molecule has 2 heterocycles. The van der Waals surface area contributed by atoms with Crippen molar-refractivity contribution < 1.29 is 10.3 Å². The zero-order valence-electron chi connectivity index (χ0n) is 5.60. The molecule has 11 heavy (non-hydrogen) atoms. The largest absolute Gasteiger partial charge is 0.506 e. The van der Waals surface area contributed by atoms with Crippen molar-refractivity contribution in [1.29, 1.82) is 0 Å². The lowest BCUT2D eigenvalue weighted by molar-refractivity contribution is 0.198. The third-order valence-corrected chi connectivity index (χ3v) is 1.57. The van der Waals surface area contributed by atoms with Crippen molar-refractivity contribution in [3.63, 3.8) is 0 Å². The molecule has 0 aliphatic carbocycles. The highest BCUT2D eigenvalue weighted by atomic mass is 16.5. The van der Waals surface area contributed by atoms with E-state index in [1.54, 1.807) is 12.3 Å². The summed E-state index contributed by atoms with van der Waals surface area (Å²) in [6.45, 7) is 0. The molecular weight excluding hydrogens is 144 g/mol. The van der Waals surface area contributed by atoms with Crippen LogP contribution >= 0.6 is 0 Å². The number of fused-ring (bicyclic) bond motifs is 1. The van der Waals surface area contributed by atoms with E-state index in [2.05, 4.69) is 4.98 Å². The lowest BCUT2D eigenvalue weighted by atomic mass is 10.3. The Morgan fingerprint density at radius 1 is 1.45 bits per heavy atom. The summed E-state index contributed by atoms with van der Waals surface area (Å²) >= 11 is 0. The average Bonchev–Trinajstić information content (AvgIpc) is 2.30. The average molecular weight is 150 g/mol. The highest BCUT2D eigenvalue weighted by Crippen LogP contribution is 2.23. The minimum absolute atomic E-state index is 0.0376. The Morgan fingerprint density at radius 2 is 2.27 bits per heavy atom. The molecular formula is C7H6N2O2. The van der Waals surface area contributed by atoms with E-state index in [0.29, 0.717) is 10.9 Å². The molecule has 0 amide bonds. The van der Waals surface area contributed by atoms with Crippen LogP contribution in [0.4, 0.5) is 0 Å². The fourth-order valence-corrected chi connectivity index (χ4v) is 1.04. The Balaban J connectivity index is 2.95. The van der Waals surface area contributed by atoms with Gasteiger partial charge in [0.15, 0.2) is 0 Å². The quantitative estimate of drug-likeness (QED) is 0.550. The van der Waals surface area contributed by atoms with Crippen molar-refractivity contribution >= 4 is 10.9 Å². The molecule has 2 rings (SSSR count). The van der Waals surface area contributed by atoms with E-state index in [4.69, 9.17) is 5.21 Å². The van der Waals surface area contributed by atoms with Crippen molar-refractivity contribution in [1.82, 2.24) is 9.71 Å². The first-order chi connectivity index (χ1) is 5.29. The summed E-state index contributed by atoms with van der Waals surface area (Å²) in [5, 5.41) is 18.8. The zero-order valence-corrected chi connectivity index (χ0v) is 5.60. The minimum atomic E-state index is 0.0376. The van der Waals surface area contributed by atoms with Gasteiger partial charge in [0.25, 0.3) is 0 Å². The summed E-state index contributed by atoms with van der Waals surface area (Å²) in [6, 6.07) is 1.62. The summed E-state index contributed by atoms with van der Waals surface area (Å²) in [6.07, 6.45) is 4.28. The number of hydrogen-bond donors (Lipinski definition) is 2. The highest BCUT2D eigenvalue weighted by molar-refractivity contribution is 5.85. The van der Waals surface area contributed by atoms with Crippen LogP contribution in [0.15, 0.2) is 24.7 Å². The van der Waals surface area contributed by atoms with Gasteiger partial charge in [-0.1, -0.05) is 0 Å². The van der Waals surface area contributed by atoms with E-state index >= 15 is 0 Å². The molecule has 56 valence electrons. The van der Waals surface area contributed by atoms with E-state index in [9.17, 15) is 5.11 Å². The van der Waals surface area contributed by atoms with Gasteiger partial charge in [0.2, 0.25) is 0 Å². The number of aromatic hydroxyl groups is 1. The Morgan fingerprint density at radius 3 is 3.00 bits per heavy atom. The fraction of sp³-hybridized carbons (Fsp3) is 0. The molecule has 4 nitrogen and oxygen atoms in total. The normalized spacial score (nSPS) is 10.5. The second-order valence-electron chi connectivity index (χ2n) is 2.25. The van der Waals surface area contributed by atoms with E-state index in [0.717, 1.165) is 4.73 Å². The molecule has 0 unspecified atom stereocenters. The third-order valence-electron chi connectivity index (χ3n) is 1.57. The van der Waals surface area contributed by atoms with Gasteiger partial charge in [-0.05, 0) is 6.07 Å². The smallest absolute Gasteiger partial charge is 0.146 e. The maximum atomic E-state index is 9.17. The van der Waals surface area contributed by atoms with Gasteiger partial charge in [-0.15, -0.1) is 0 Å². The second kappa shape index (κ2) is 1.88. The van der Waals surface area contributed by atoms with Crippen molar-refractivity contribution in [2.45, 2.75) is 0 Å². The van der Waals surface area contributed by atoms with E-state index in [1.165, 1.54) is 12.4 Å². The summed E-state index contributed by atoms with van der Waals surface area (Å²) < 4.78 is 0.867. The SMILES string of the molecule is Oc1cn(O)c2ccncc12. The Kier molecular flexibility index (Phi) is 1.03. The van der Waals surface area contributed by atoms with Crippen molar-refractivity contribution in [2.75, 3.05) is 0 Å². The van der Waals surface area contributed by atoms with E-state index < -0.39 is 0 Å². The molecule has 2 aromatic rings. The van der Waals surface area contributed by atoms with Gasteiger partial charge in [0.05, 0.1) is 17.1 Å². The maximum Gasteiger partial charge on any atom is 0.146 e. The first-order valence-corrected chi connectivity index (χ1v) is 3.12. The van der Waals surface area contributed by atoms with Crippen LogP contribution < -0.4 is 0 Å². The molecule has 4 heteroatoms. The Bertz CT molecular complexity index is 358. The highest BCUT2D eigenvalue weighted by Gasteiger charge is 2.04. The number of rotatable bonds is 0.